The first kappa shape index (κ1) is 13.5. The van der Waals surface area contributed by atoms with E-state index in [4.69, 9.17) is 5.11 Å². The number of carboxylic acids is 1. The monoisotopic (exact) mass is 228 g/mol. The number of likely N-dealkylation sites (N-methyl/N-ethyl adjacent to an activating group) is 1. The van der Waals surface area contributed by atoms with Crippen molar-refractivity contribution < 1.29 is 9.90 Å². The maximum absolute atomic E-state index is 11.1. The van der Waals surface area contributed by atoms with E-state index in [0.29, 0.717) is 6.42 Å². The molecule has 0 heterocycles. The van der Waals surface area contributed by atoms with Crippen molar-refractivity contribution in [3.63, 3.8) is 0 Å². The third-order valence-corrected chi connectivity index (χ3v) is 3.91. The van der Waals surface area contributed by atoms with Gasteiger partial charge in [-0.2, -0.15) is 0 Å². The minimum atomic E-state index is -0.777. The van der Waals surface area contributed by atoms with Crippen LogP contribution in [0.3, 0.4) is 0 Å². The van der Waals surface area contributed by atoms with E-state index in [1.165, 1.54) is 19.3 Å². The quantitative estimate of drug-likeness (QED) is 0.690. The zero-order valence-corrected chi connectivity index (χ0v) is 10.6. The Morgan fingerprint density at radius 2 is 2.19 bits per heavy atom. The van der Waals surface area contributed by atoms with Crippen LogP contribution in [0, 0.1) is 0 Å². The van der Waals surface area contributed by atoms with Crippen molar-refractivity contribution in [2.24, 2.45) is 0 Å². The van der Waals surface area contributed by atoms with E-state index in [-0.39, 0.29) is 0 Å². The second-order valence-electron chi connectivity index (χ2n) is 5.06. The molecule has 1 aliphatic carbocycles. The van der Waals surface area contributed by atoms with Gasteiger partial charge < -0.3 is 15.3 Å². The number of aliphatic carboxylic acids is 1. The molecule has 0 bridgehead atoms. The molecule has 94 valence electrons. The first-order valence-corrected chi connectivity index (χ1v) is 6.12. The average molecular weight is 228 g/mol. The molecule has 2 N–H and O–H groups in total. The fourth-order valence-corrected chi connectivity index (χ4v) is 2.03. The Hall–Kier alpha value is -0.610. The summed E-state index contributed by atoms with van der Waals surface area (Å²) in [5, 5.41) is 12.0. The second-order valence-corrected chi connectivity index (χ2v) is 5.06. The molecule has 16 heavy (non-hydrogen) atoms. The van der Waals surface area contributed by atoms with E-state index >= 15 is 0 Å². The number of hydrogen-bond acceptors (Lipinski definition) is 3. The summed E-state index contributed by atoms with van der Waals surface area (Å²) in [4.78, 5) is 13.4. The van der Waals surface area contributed by atoms with Crippen LogP contribution >= 0.6 is 0 Å². The van der Waals surface area contributed by atoms with Gasteiger partial charge in [0, 0.05) is 6.04 Å². The molecule has 1 fully saturated rings. The van der Waals surface area contributed by atoms with Gasteiger partial charge in [-0.05, 0) is 53.2 Å². The van der Waals surface area contributed by atoms with E-state index < -0.39 is 11.5 Å². The lowest BCUT2D eigenvalue weighted by molar-refractivity contribution is -0.144. The predicted octanol–water partition coefficient (Wildman–Crippen LogP) is 1.31. The maximum atomic E-state index is 11.1. The number of carbonyl (C=O) groups is 1. The summed E-state index contributed by atoms with van der Waals surface area (Å²) < 4.78 is 0. The number of rotatable bonds is 7. The fraction of sp³-hybridized carbons (Fsp3) is 0.917. The molecule has 4 heteroatoms. The Morgan fingerprint density at radius 1 is 1.56 bits per heavy atom. The molecule has 0 aliphatic heterocycles. The number of carboxylic acid groups (broad SMARTS) is 1. The van der Waals surface area contributed by atoms with E-state index in [9.17, 15) is 4.79 Å². The van der Waals surface area contributed by atoms with Gasteiger partial charge in [0.2, 0.25) is 0 Å². The van der Waals surface area contributed by atoms with Gasteiger partial charge in [-0.3, -0.25) is 4.79 Å². The standard InChI is InChI=1S/C12H24N2O2/c1-12(13-2,11(15)16)8-5-9-14(3)10-6-4-7-10/h10,13H,4-9H2,1-3H3,(H,15,16). The van der Waals surface area contributed by atoms with Crippen LogP contribution in [-0.2, 0) is 4.79 Å². The summed E-state index contributed by atoms with van der Waals surface area (Å²) in [6.07, 6.45) is 5.56. The van der Waals surface area contributed by atoms with Crippen LogP contribution in [0.25, 0.3) is 0 Å². The Balaban J connectivity index is 2.25. The largest absolute Gasteiger partial charge is 0.480 e. The van der Waals surface area contributed by atoms with Gasteiger partial charge >= 0.3 is 5.97 Å². The van der Waals surface area contributed by atoms with Crippen molar-refractivity contribution in [3.8, 4) is 0 Å². The second kappa shape index (κ2) is 5.64. The molecular formula is C12H24N2O2. The number of nitrogens with one attached hydrogen (secondary N) is 1. The number of hydrogen-bond donors (Lipinski definition) is 2. The summed E-state index contributed by atoms with van der Waals surface area (Å²) in [7, 11) is 3.85. The SMILES string of the molecule is CNC(C)(CCCN(C)C1CCC1)C(=O)O. The zero-order valence-electron chi connectivity index (χ0n) is 10.6. The summed E-state index contributed by atoms with van der Waals surface area (Å²) >= 11 is 0. The lowest BCUT2D eigenvalue weighted by Gasteiger charge is -2.35. The third-order valence-electron chi connectivity index (χ3n) is 3.91. The molecule has 1 atom stereocenters. The molecule has 1 rings (SSSR count). The van der Waals surface area contributed by atoms with Crippen LogP contribution in [0.15, 0.2) is 0 Å². The van der Waals surface area contributed by atoms with Gasteiger partial charge in [0.25, 0.3) is 0 Å². The van der Waals surface area contributed by atoms with Crippen LogP contribution in [0.2, 0.25) is 0 Å². The molecule has 0 aromatic rings. The molecular weight excluding hydrogens is 204 g/mol. The lowest BCUT2D eigenvalue weighted by atomic mass is 9.91. The number of nitrogens with zero attached hydrogens (tertiary/aromatic N) is 1. The van der Waals surface area contributed by atoms with Crippen LogP contribution < -0.4 is 5.32 Å². The normalized spacial score (nSPS) is 20.5. The van der Waals surface area contributed by atoms with Gasteiger partial charge in [0.1, 0.15) is 5.54 Å². The molecule has 0 amide bonds. The highest BCUT2D eigenvalue weighted by atomic mass is 16.4. The lowest BCUT2D eigenvalue weighted by Crippen LogP contribution is -2.48. The molecule has 0 aromatic heterocycles. The van der Waals surface area contributed by atoms with Crippen molar-refractivity contribution >= 4 is 5.97 Å². The van der Waals surface area contributed by atoms with Crippen molar-refractivity contribution in [1.82, 2.24) is 10.2 Å². The predicted molar refractivity (Wildman–Crippen MR) is 64.6 cm³/mol. The summed E-state index contributed by atoms with van der Waals surface area (Å²) in [5.41, 5.74) is -0.777. The zero-order chi connectivity index (χ0) is 12.2. The van der Waals surface area contributed by atoms with Gasteiger partial charge in [0.15, 0.2) is 0 Å². The Kier molecular flexibility index (Phi) is 4.74. The van der Waals surface area contributed by atoms with Crippen LogP contribution in [0.1, 0.15) is 39.0 Å². The highest BCUT2D eigenvalue weighted by Crippen LogP contribution is 2.24. The molecule has 0 spiro atoms. The molecule has 4 nitrogen and oxygen atoms in total. The molecule has 1 aliphatic rings. The van der Waals surface area contributed by atoms with Gasteiger partial charge in [0.05, 0.1) is 0 Å². The Labute approximate surface area is 98.0 Å². The Bertz CT molecular complexity index is 241. The first-order chi connectivity index (χ1) is 7.49. The van der Waals surface area contributed by atoms with E-state index in [0.717, 1.165) is 19.0 Å². The van der Waals surface area contributed by atoms with Crippen LogP contribution in [-0.4, -0.2) is 48.2 Å². The van der Waals surface area contributed by atoms with Crippen molar-refractivity contribution in [2.75, 3.05) is 20.6 Å². The minimum absolute atomic E-state index is 0.676. The maximum Gasteiger partial charge on any atom is 0.323 e. The van der Waals surface area contributed by atoms with E-state index in [1.807, 2.05) is 0 Å². The summed E-state index contributed by atoms with van der Waals surface area (Å²) in [5.74, 6) is -0.763. The average Bonchev–Trinajstić information content (AvgIpc) is 2.14. The van der Waals surface area contributed by atoms with Crippen LogP contribution in [0.5, 0.6) is 0 Å². The third kappa shape index (κ3) is 3.19. The van der Waals surface area contributed by atoms with E-state index in [2.05, 4.69) is 17.3 Å². The summed E-state index contributed by atoms with van der Waals surface area (Å²) in [6.45, 7) is 2.74. The van der Waals surface area contributed by atoms with Gasteiger partial charge in [-0.25, -0.2) is 0 Å². The first-order valence-electron chi connectivity index (χ1n) is 6.12. The topological polar surface area (TPSA) is 52.6 Å². The smallest absolute Gasteiger partial charge is 0.323 e. The van der Waals surface area contributed by atoms with Gasteiger partial charge in [-0.1, -0.05) is 6.42 Å². The van der Waals surface area contributed by atoms with Crippen LogP contribution in [0.4, 0.5) is 0 Å². The summed E-state index contributed by atoms with van der Waals surface area (Å²) in [6, 6.07) is 0.741. The van der Waals surface area contributed by atoms with Crippen molar-refractivity contribution in [1.29, 1.82) is 0 Å². The van der Waals surface area contributed by atoms with Gasteiger partial charge in [-0.15, -0.1) is 0 Å². The molecule has 0 aromatic carbocycles. The Morgan fingerprint density at radius 3 is 2.56 bits per heavy atom. The highest BCUT2D eigenvalue weighted by molar-refractivity contribution is 5.78. The molecule has 1 saturated carbocycles. The highest BCUT2D eigenvalue weighted by Gasteiger charge is 2.30. The molecule has 0 radical (unpaired) electrons. The molecule has 0 saturated heterocycles. The minimum Gasteiger partial charge on any atom is -0.480 e. The molecule has 1 unspecified atom stereocenters. The van der Waals surface area contributed by atoms with E-state index in [1.54, 1.807) is 14.0 Å². The van der Waals surface area contributed by atoms with Crippen molar-refractivity contribution in [2.45, 2.75) is 50.6 Å². The fourth-order valence-electron chi connectivity index (χ4n) is 2.03. The van der Waals surface area contributed by atoms with Crippen molar-refractivity contribution in [3.05, 3.63) is 0 Å².